The summed E-state index contributed by atoms with van der Waals surface area (Å²) < 4.78 is 119. The van der Waals surface area contributed by atoms with E-state index in [1.807, 2.05) is 13.0 Å². The van der Waals surface area contributed by atoms with Crippen molar-refractivity contribution in [1.29, 1.82) is 0 Å². The summed E-state index contributed by atoms with van der Waals surface area (Å²) in [4.78, 5) is 32.7. The lowest BCUT2D eigenvalue weighted by Crippen LogP contribution is -2.39. The molecule has 1 aliphatic heterocycles. The molecule has 0 spiro atoms. The van der Waals surface area contributed by atoms with Crippen molar-refractivity contribution < 1.29 is 53.8 Å². The second-order valence-corrected chi connectivity index (χ2v) is 14.7. The monoisotopic (exact) mass is 749 g/mol. The lowest BCUT2D eigenvalue weighted by atomic mass is 9.90. The maximum atomic E-state index is 14.0. The first-order valence-electron chi connectivity index (χ1n) is 16.1. The zero-order valence-electron chi connectivity index (χ0n) is 28.2. The SMILES string of the molecule is COc1cccc(C)c1C1(C(=O)NS(=O)(=O)Cc2ccc(N3Cc4c(c(CCC(F)(F)F)c5cccnc5c4OCC(F)(F)F)C3=O)c(C)c2)CC1. The molecule has 6 rings (SSSR count). The number of alkyl halides is 6. The Labute approximate surface area is 295 Å². The Morgan fingerprint density at radius 2 is 1.73 bits per heavy atom. The molecule has 1 aliphatic carbocycles. The standard InChI is InChI=1S/C36H33F6N3O6S/c1-20-6-4-8-27(50-3)29(20)34(13-14-34)33(47)44-52(48,49)18-22-9-10-26(21(2)16-22)45-17-25-28(32(45)46)23(11-12-35(37,38)39)24-7-5-15-43-30(24)31(25)51-19-36(40,41)42/h4-10,15-16H,11-14,17-19H2,1-3H3,(H,44,47). The maximum absolute atomic E-state index is 14.0. The summed E-state index contributed by atoms with van der Waals surface area (Å²) in [6.45, 7) is 1.33. The van der Waals surface area contributed by atoms with E-state index in [2.05, 4.69) is 9.71 Å². The molecule has 276 valence electrons. The summed E-state index contributed by atoms with van der Waals surface area (Å²) in [5.74, 6) is -1.91. The number of aromatic nitrogens is 1. The van der Waals surface area contributed by atoms with E-state index in [4.69, 9.17) is 9.47 Å². The van der Waals surface area contributed by atoms with Crippen molar-refractivity contribution in [1.82, 2.24) is 9.71 Å². The van der Waals surface area contributed by atoms with E-state index < -0.39 is 64.8 Å². The molecule has 1 N–H and O–H groups in total. The van der Waals surface area contributed by atoms with Crippen LogP contribution < -0.4 is 19.1 Å². The molecule has 16 heteroatoms. The lowest BCUT2D eigenvalue weighted by Gasteiger charge is -2.21. The number of pyridine rings is 1. The van der Waals surface area contributed by atoms with Crippen molar-refractivity contribution >= 4 is 38.4 Å². The van der Waals surface area contributed by atoms with Crippen LogP contribution in [0.3, 0.4) is 0 Å². The summed E-state index contributed by atoms with van der Waals surface area (Å²) in [6.07, 6.45) is -9.15. The van der Waals surface area contributed by atoms with Crippen LogP contribution in [-0.2, 0) is 39.0 Å². The third-order valence-electron chi connectivity index (χ3n) is 9.31. The van der Waals surface area contributed by atoms with Crippen molar-refractivity contribution in [2.24, 2.45) is 0 Å². The average Bonchev–Trinajstić information content (AvgIpc) is 3.79. The minimum atomic E-state index is -4.76. The molecule has 2 aliphatic rings. The van der Waals surface area contributed by atoms with Gasteiger partial charge in [-0.1, -0.05) is 30.3 Å². The number of fused-ring (bicyclic) bond motifs is 2. The number of nitrogens with one attached hydrogen (secondary N) is 1. The number of carbonyl (C=O) groups excluding carboxylic acids is 2. The molecule has 0 saturated heterocycles. The molecule has 52 heavy (non-hydrogen) atoms. The summed E-state index contributed by atoms with van der Waals surface area (Å²) in [5, 5.41) is 0.0612. The summed E-state index contributed by atoms with van der Waals surface area (Å²) in [5.41, 5.74) is 0.886. The quantitative estimate of drug-likeness (QED) is 0.162. The molecule has 9 nitrogen and oxygen atoms in total. The predicted molar refractivity (Wildman–Crippen MR) is 179 cm³/mol. The largest absolute Gasteiger partial charge is 0.496 e. The van der Waals surface area contributed by atoms with Crippen LogP contribution in [0.5, 0.6) is 11.5 Å². The van der Waals surface area contributed by atoms with Gasteiger partial charge in [-0.3, -0.25) is 19.3 Å². The Morgan fingerprint density at radius 3 is 2.37 bits per heavy atom. The number of hydrogen-bond acceptors (Lipinski definition) is 7. The summed E-state index contributed by atoms with van der Waals surface area (Å²) in [7, 11) is -2.75. The van der Waals surface area contributed by atoms with E-state index >= 15 is 0 Å². The van der Waals surface area contributed by atoms with Gasteiger partial charge in [-0.25, -0.2) is 8.42 Å². The first kappa shape index (κ1) is 36.9. The number of rotatable bonds is 11. The topological polar surface area (TPSA) is 115 Å². The Kier molecular flexibility index (Phi) is 9.43. The van der Waals surface area contributed by atoms with Gasteiger partial charge in [-0.15, -0.1) is 0 Å². The summed E-state index contributed by atoms with van der Waals surface area (Å²) in [6, 6.07) is 12.4. The number of methoxy groups -OCH3 is 1. The van der Waals surface area contributed by atoms with E-state index in [0.717, 1.165) is 5.56 Å². The molecule has 2 amide bonds. The van der Waals surface area contributed by atoms with Crippen LogP contribution in [0.4, 0.5) is 32.0 Å². The second-order valence-electron chi connectivity index (χ2n) is 13.0. The zero-order chi connectivity index (χ0) is 37.8. The van der Waals surface area contributed by atoms with Gasteiger partial charge in [0.1, 0.15) is 11.3 Å². The minimum Gasteiger partial charge on any atom is -0.496 e. The van der Waals surface area contributed by atoms with Gasteiger partial charge in [0, 0.05) is 34.8 Å². The van der Waals surface area contributed by atoms with Crippen LogP contribution in [0.1, 0.15) is 63.0 Å². The van der Waals surface area contributed by atoms with Crippen molar-refractivity contribution in [3.63, 3.8) is 0 Å². The Bertz CT molecular complexity index is 2200. The number of anilines is 1. The Morgan fingerprint density at radius 1 is 1.00 bits per heavy atom. The first-order valence-corrected chi connectivity index (χ1v) is 17.8. The van der Waals surface area contributed by atoms with Crippen molar-refractivity contribution in [3.8, 4) is 11.5 Å². The smallest absolute Gasteiger partial charge is 0.422 e. The number of aryl methyl sites for hydroxylation is 3. The van der Waals surface area contributed by atoms with E-state index in [-0.39, 0.29) is 51.1 Å². The molecule has 0 radical (unpaired) electrons. The number of hydrogen-bond donors (Lipinski definition) is 1. The van der Waals surface area contributed by atoms with Crippen LogP contribution in [0.25, 0.3) is 10.9 Å². The van der Waals surface area contributed by atoms with Crippen LogP contribution in [-0.4, -0.2) is 51.3 Å². The third-order valence-corrected chi connectivity index (χ3v) is 10.5. The predicted octanol–water partition coefficient (Wildman–Crippen LogP) is 7.13. The van der Waals surface area contributed by atoms with Crippen LogP contribution in [0.15, 0.2) is 54.7 Å². The number of amides is 2. The molecule has 4 aromatic rings. The molecule has 3 aromatic carbocycles. The van der Waals surface area contributed by atoms with Gasteiger partial charge < -0.3 is 14.4 Å². The third kappa shape index (κ3) is 7.25. The van der Waals surface area contributed by atoms with E-state index in [0.29, 0.717) is 29.7 Å². The van der Waals surface area contributed by atoms with Crippen molar-refractivity contribution in [2.75, 3.05) is 18.6 Å². The number of nitrogens with zero attached hydrogens (tertiary/aromatic N) is 2. The molecule has 0 atom stereocenters. The molecule has 0 unspecified atom stereocenters. The van der Waals surface area contributed by atoms with Crippen molar-refractivity contribution in [2.45, 2.75) is 69.6 Å². The van der Waals surface area contributed by atoms with Crippen LogP contribution in [0.2, 0.25) is 0 Å². The highest BCUT2D eigenvalue weighted by Crippen LogP contribution is 2.53. The van der Waals surface area contributed by atoms with Gasteiger partial charge in [0.15, 0.2) is 12.4 Å². The number of carbonyl (C=O) groups is 2. The van der Waals surface area contributed by atoms with Gasteiger partial charge in [-0.2, -0.15) is 26.3 Å². The van der Waals surface area contributed by atoms with Crippen LogP contribution in [0, 0.1) is 13.8 Å². The van der Waals surface area contributed by atoms with E-state index in [1.54, 1.807) is 19.1 Å². The number of benzene rings is 3. The fraction of sp³-hybridized carbons (Fsp3) is 0.361. The highest BCUT2D eigenvalue weighted by molar-refractivity contribution is 7.89. The fourth-order valence-electron chi connectivity index (χ4n) is 6.95. The van der Waals surface area contributed by atoms with Gasteiger partial charge in [0.2, 0.25) is 15.9 Å². The Balaban J connectivity index is 1.29. The average molecular weight is 750 g/mol. The lowest BCUT2D eigenvalue weighted by molar-refractivity contribution is -0.153. The fourth-order valence-corrected chi connectivity index (χ4v) is 8.12. The maximum Gasteiger partial charge on any atom is 0.422 e. The molecule has 1 fully saturated rings. The van der Waals surface area contributed by atoms with Crippen molar-refractivity contribution in [3.05, 3.63) is 93.7 Å². The zero-order valence-corrected chi connectivity index (χ0v) is 29.0. The Hall–Kier alpha value is -4.86. The number of halogens is 6. The van der Waals surface area contributed by atoms with Gasteiger partial charge in [0.25, 0.3) is 5.91 Å². The number of ether oxygens (including phenoxy) is 2. The van der Waals surface area contributed by atoms with Gasteiger partial charge >= 0.3 is 12.4 Å². The van der Waals surface area contributed by atoms with E-state index in [9.17, 15) is 44.3 Å². The normalized spacial score (nSPS) is 15.5. The highest BCUT2D eigenvalue weighted by atomic mass is 32.2. The first-order chi connectivity index (χ1) is 24.3. The molecule has 0 bridgehead atoms. The molecule has 1 aromatic heterocycles. The van der Waals surface area contributed by atoms with Crippen LogP contribution >= 0.6 is 0 Å². The van der Waals surface area contributed by atoms with Gasteiger partial charge in [0.05, 0.1) is 30.4 Å². The molecular formula is C36H33F6N3O6S. The minimum absolute atomic E-state index is 0.0184. The molecular weight excluding hydrogens is 716 g/mol. The van der Waals surface area contributed by atoms with E-state index in [1.165, 1.54) is 48.5 Å². The number of sulfonamides is 1. The summed E-state index contributed by atoms with van der Waals surface area (Å²) >= 11 is 0. The second kappa shape index (κ2) is 13.3. The molecule has 2 heterocycles. The van der Waals surface area contributed by atoms with Gasteiger partial charge in [-0.05, 0) is 73.6 Å². The molecule has 1 saturated carbocycles. The highest BCUT2D eigenvalue weighted by Gasteiger charge is 2.54.